The summed E-state index contributed by atoms with van der Waals surface area (Å²) in [7, 11) is 0. The molecule has 0 radical (unpaired) electrons. The fourth-order valence-electron chi connectivity index (χ4n) is 3.50. The number of hydrogen-bond acceptors (Lipinski definition) is 6. The molecule has 2 aromatic rings. The summed E-state index contributed by atoms with van der Waals surface area (Å²) in [5.74, 6) is -0.287. The Bertz CT molecular complexity index is 942. The van der Waals surface area contributed by atoms with Crippen LogP contribution in [0, 0.1) is 5.82 Å². The number of fused-ring (bicyclic) bond motifs is 1. The minimum absolute atomic E-state index is 0.0291. The first-order chi connectivity index (χ1) is 13.1. The minimum Gasteiger partial charge on any atom is -0.463 e. The lowest BCUT2D eigenvalue weighted by Crippen LogP contribution is -2.35. The van der Waals surface area contributed by atoms with Crippen LogP contribution in [0.1, 0.15) is 36.4 Å². The molecule has 1 unspecified atom stereocenters. The fraction of sp³-hybridized carbons (Fsp3) is 0.316. The Morgan fingerprint density at radius 1 is 1.48 bits per heavy atom. The molecule has 1 aromatic heterocycles. The van der Waals surface area contributed by atoms with Gasteiger partial charge in [-0.3, -0.25) is 4.99 Å². The van der Waals surface area contributed by atoms with E-state index in [0.29, 0.717) is 17.0 Å². The van der Waals surface area contributed by atoms with Crippen molar-refractivity contribution in [2.45, 2.75) is 25.8 Å². The summed E-state index contributed by atoms with van der Waals surface area (Å²) in [4.78, 5) is 24.0. The first-order valence-corrected chi connectivity index (χ1v) is 9.96. The van der Waals surface area contributed by atoms with Crippen molar-refractivity contribution in [3.63, 3.8) is 0 Å². The molecule has 1 aromatic carbocycles. The standard InChI is InChI=1S/C19H17ClFN3O2S/c1-2-26-19(25)14-13-7-4-9-24(13)17(18-22-8-10-27-18)23-16(14)11-5-3-6-12(21)15(11)20/h3,5-6,8,10,16H,2,4,7,9H2,1H3. The van der Waals surface area contributed by atoms with Crippen LogP contribution in [-0.4, -0.2) is 34.8 Å². The third-order valence-electron chi connectivity index (χ3n) is 4.61. The van der Waals surface area contributed by atoms with E-state index in [1.807, 2.05) is 10.3 Å². The van der Waals surface area contributed by atoms with Crippen molar-refractivity contribution in [2.24, 2.45) is 4.99 Å². The molecule has 5 nitrogen and oxygen atoms in total. The van der Waals surface area contributed by atoms with Crippen LogP contribution in [0.4, 0.5) is 4.39 Å². The molecule has 0 aliphatic carbocycles. The van der Waals surface area contributed by atoms with Gasteiger partial charge in [-0.1, -0.05) is 23.7 Å². The molecular formula is C19H17ClFN3O2S. The van der Waals surface area contributed by atoms with E-state index in [1.54, 1.807) is 25.3 Å². The summed E-state index contributed by atoms with van der Waals surface area (Å²) >= 11 is 7.72. The highest BCUT2D eigenvalue weighted by Gasteiger charge is 2.39. The van der Waals surface area contributed by atoms with Crippen LogP contribution < -0.4 is 0 Å². The molecule has 4 rings (SSSR count). The Morgan fingerprint density at radius 3 is 3.07 bits per heavy atom. The highest BCUT2D eigenvalue weighted by atomic mass is 35.5. The Kier molecular flexibility index (Phi) is 4.97. The van der Waals surface area contributed by atoms with Crippen LogP contribution in [0.25, 0.3) is 0 Å². The van der Waals surface area contributed by atoms with E-state index < -0.39 is 17.8 Å². The fourth-order valence-corrected chi connectivity index (χ4v) is 4.37. The van der Waals surface area contributed by atoms with Gasteiger partial charge in [-0.25, -0.2) is 14.2 Å². The largest absolute Gasteiger partial charge is 0.463 e. The van der Waals surface area contributed by atoms with Gasteiger partial charge in [0, 0.05) is 29.4 Å². The molecule has 1 fully saturated rings. The zero-order chi connectivity index (χ0) is 19.0. The van der Waals surface area contributed by atoms with Gasteiger partial charge in [-0.05, 0) is 25.8 Å². The average molecular weight is 406 g/mol. The number of thiazole rings is 1. The van der Waals surface area contributed by atoms with E-state index in [4.69, 9.17) is 21.3 Å². The third-order valence-corrected chi connectivity index (χ3v) is 5.78. The second-order valence-corrected chi connectivity index (χ2v) is 7.44. The number of carbonyl (C=O) groups is 1. The summed E-state index contributed by atoms with van der Waals surface area (Å²) in [5.41, 5.74) is 1.74. The molecule has 27 heavy (non-hydrogen) atoms. The first-order valence-electron chi connectivity index (χ1n) is 8.71. The van der Waals surface area contributed by atoms with Crippen molar-refractivity contribution < 1.29 is 13.9 Å². The zero-order valence-corrected chi connectivity index (χ0v) is 16.2. The Balaban J connectivity index is 1.91. The van der Waals surface area contributed by atoms with Crippen LogP contribution in [0.15, 0.2) is 46.0 Å². The van der Waals surface area contributed by atoms with Gasteiger partial charge in [0.2, 0.25) is 0 Å². The average Bonchev–Trinajstić information content (AvgIpc) is 3.34. The molecule has 2 aliphatic rings. The quantitative estimate of drug-likeness (QED) is 0.709. The molecule has 1 saturated heterocycles. The van der Waals surface area contributed by atoms with Gasteiger partial charge in [0.05, 0.1) is 17.2 Å². The highest BCUT2D eigenvalue weighted by molar-refractivity contribution is 7.11. The van der Waals surface area contributed by atoms with Gasteiger partial charge in [0.25, 0.3) is 0 Å². The Labute approximate surface area is 165 Å². The van der Waals surface area contributed by atoms with Gasteiger partial charge in [-0.2, -0.15) is 0 Å². The minimum atomic E-state index is -0.726. The number of amidine groups is 1. The summed E-state index contributed by atoms with van der Waals surface area (Å²) < 4.78 is 19.4. The van der Waals surface area contributed by atoms with Gasteiger partial charge in [0.15, 0.2) is 10.8 Å². The second-order valence-electron chi connectivity index (χ2n) is 6.17. The third kappa shape index (κ3) is 3.15. The maximum absolute atomic E-state index is 14.1. The molecule has 2 aliphatic heterocycles. The SMILES string of the molecule is CCOC(=O)C1=C2CCCN2C(c2nccs2)=NC1c1cccc(F)c1Cl. The number of aliphatic imine (C=N–C) groups is 1. The number of allylic oxidation sites excluding steroid dienone is 1. The normalized spacial score (nSPS) is 19.1. The summed E-state index contributed by atoms with van der Waals surface area (Å²) in [6.07, 6.45) is 3.33. The van der Waals surface area contributed by atoms with Crippen molar-refractivity contribution in [1.29, 1.82) is 0 Å². The van der Waals surface area contributed by atoms with Crippen molar-refractivity contribution in [3.05, 3.63) is 62.5 Å². The van der Waals surface area contributed by atoms with Crippen molar-refractivity contribution in [2.75, 3.05) is 13.2 Å². The molecular weight excluding hydrogens is 389 g/mol. The second kappa shape index (κ2) is 7.40. The summed E-state index contributed by atoms with van der Waals surface area (Å²) in [6, 6.07) is 3.84. The number of carbonyl (C=O) groups excluding carboxylic acids is 1. The van der Waals surface area contributed by atoms with E-state index in [1.165, 1.54) is 17.4 Å². The molecule has 3 heterocycles. The highest BCUT2D eigenvalue weighted by Crippen LogP contribution is 2.42. The Hall–Kier alpha value is -2.25. The number of rotatable bonds is 4. The van der Waals surface area contributed by atoms with Gasteiger partial charge >= 0.3 is 5.97 Å². The number of halogens is 2. The zero-order valence-electron chi connectivity index (χ0n) is 14.6. The van der Waals surface area contributed by atoms with E-state index >= 15 is 0 Å². The van der Waals surface area contributed by atoms with Crippen LogP contribution in [0.3, 0.4) is 0 Å². The number of nitrogens with zero attached hydrogens (tertiary/aromatic N) is 3. The molecule has 1 atom stereocenters. The molecule has 0 N–H and O–H groups in total. The van der Waals surface area contributed by atoms with E-state index in [2.05, 4.69) is 4.98 Å². The van der Waals surface area contributed by atoms with Crippen molar-refractivity contribution >= 4 is 34.7 Å². The molecule has 140 valence electrons. The molecule has 0 saturated carbocycles. The lowest BCUT2D eigenvalue weighted by Gasteiger charge is -2.31. The van der Waals surface area contributed by atoms with Gasteiger partial charge in [0.1, 0.15) is 11.9 Å². The lowest BCUT2D eigenvalue weighted by atomic mass is 9.94. The maximum atomic E-state index is 14.1. The number of esters is 1. The van der Waals surface area contributed by atoms with Crippen LogP contribution in [-0.2, 0) is 9.53 Å². The molecule has 0 bridgehead atoms. The van der Waals surface area contributed by atoms with Gasteiger partial charge < -0.3 is 9.64 Å². The Morgan fingerprint density at radius 2 is 2.33 bits per heavy atom. The maximum Gasteiger partial charge on any atom is 0.338 e. The van der Waals surface area contributed by atoms with E-state index in [-0.39, 0.29) is 11.6 Å². The topological polar surface area (TPSA) is 54.8 Å². The van der Waals surface area contributed by atoms with Crippen LogP contribution >= 0.6 is 22.9 Å². The van der Waals surface area contributed by atoms with Crippen LogP contribution in [0.5, 0.6) is 0 Å². The number of hydrogen-bond donors (Lipinski definition) is 0. The summed E-state index contributed by atoms with van der Waals surface area (Å²) in [6.45, 7) is 2.76. The number of ether oxygens (including phenoxy) is 1. The number of benzene rings is 1. The van der Waals surface area contributed by atoms with Gasteiger partial charge in [-0.15, -0.1) is 11.3 Å². The van der Waals surface area contributed by atoms with Crippen molar-refractivity contribution in [1.82, 2.24) is 9.88 Å². The lowest BCUT2D eigenvalue weighted by molar-refractivity contribution is -0.139. The first kappa shape index (κ1) is 18.1. The van der Waals surface area contributed by atoms with E-state index in [9.17, 15) is 9.18 Å². The monoisotopic (exact) mass is 405 g/mol. The predicted octanol–water partition coefficient (Wildman–Crippen LogP) is 4.35. The molecule has 0 spiro atoms. The smallest absolute Gasteiger partial charge is 0.338 e. The summed E-state index contributed by atoms with van der Waals surface area (Å²) in [5, 5.41) is 2.61. The molecule has 0 amide bonds. The van der Waals surface area contributed by atoms with Crippen molar-refractivity contribution in [3.8, 4) is 0 Å². The molecule has 8 heteroatoms. The predicted molar refractivity (Wildman–Crippen MR) is 102 cm³/mol. The number of aromatic nitrogens is 1. The van der Waals surface area contributed by atoms with E-state index in [0.717, 1.165) is 30.1 Å². The van der Waals surface area contributed by atoms with Crippen LogP contribution in [0.2, 0.25) is 5.02 Å².